The summed E-state index contributed by atoms with van der Waals surface area (Å²) in [6, 6.07) is 0.681. The lowest BCUT2D eigenvalue weighted by Crippen LogP contribution is -2.37. The minimum Gasteiger partial charge on any atom is -0.314 e. The van der Waals surface area contributed by atoms with Crippen LogP contribution in [0.4, 0.5) is 0 Å². The molecule has 1 N–H and O–H groups in total. The second-order valence-electron chi connectivity index (χ2n) is 4.72. The summed E-state index contributed by atoms with van der Waals surface area (Å²) in [5.41, 5.74) is 0. The van der Waals surface area contributed by atoms with E-state index in [0.29, 0.717) is 6.04 Å². The first-order valence-corrected chi connectivity index (χ1v) is 6.12. The van der Waals surface area contributed by atoms with Gasteiger partial charge in [-0.2, -0.15) is 0 Å². The van der Waals surface area contributed by atoms with Crippen molar-refractivity contribution in [2.75, 3.05) is 6.54 Å². The third-order valence-electron chi connectivity index (χ3n) is 3.43. The second kappa shape index (κ2) is 6.23. The summed E-state index contributed by atoms with van der Waals surface area (Å²) in [6.07, 6.45) is 8.87. The molecule has 0 aromatic carbocycles. The van der Waals surface area contributed by atoms with Crippen LogP contribution in [0, 0.1) is 11.8 Å². The highest BCUT2D eigenvalue weighted by molar-refractivity contribution is 4.86. The van der Waals surface area contributed by atoms with E-state index in [1.54, 1.807) is 0 Å². The molecule has 1 saturated carbocycles. The molecule has 3 unspecified atom stereocenters. The van der Waals surface area contributed by atoms with Gasteiger partial charge in [-0.1, -0.05) is 32.8 Å². The Bertz CT molecular complexity index is 165. The molecule has 0 spiro atoms. The van der Waals surface area contributed by atoms with Gasteiger partial charge in [0.1, 0.15) is 0 Å². The van der Waals surface area contributed by atoms with Crippen LogP contribution in [0.2, 0.25) is 0 Å². The van der Waals surface area contributed by atoms with Gasteiger partial charge in [0.15, 0.2) is 0 Å². The van der Waals surface area contributed by atoms with E-state index in [-0.39, 0.29) is 0 Å². The van der Waals surface area contributed by atoms with Crippen LogP contribution in [-0.2, 0) is 0 Å². The van der Waals surface area contributed by atoms with E-state index >= 15 is 0 Å². The van der Waals surface area contributed by atoms with Crippen molar-refractivity contribution in [1.82, 2.24) is 5.32 Å². The van der Waals surface area contributed by atoms with E-state index < -0.39 is 0 Å². The van der Waals surface area contributed by atoms with E-state index in [2.05, 4.69) is 31.8 Å². The predicted octanol–water partition coefficient (Wildman–Crippen LogP) is 3.37. The van der Waals surface area contributed by atoms with Gasteiger partial charge >= 0.3 is 0 Å². The van der Waals surface area contributed by atoms with Crippen LogP contribution in [0.5, 0.6) is 0 Å². The van der Waals surface area contributed by atoms with Crippen molar-refractivity contribution >= 4 is 0 Å². The van der Waals surface area contributed by atoms with Crippen molar-refractivity contribution in [2.45, 2.75) is 52.0 Å². The molecule has 0 heterocycles. The number of nitrogens with one attached hydrogen (secondary N) is 1. The van der Waals surface area contributed by atoms with Gasteiger partial charge < -0.3 is 5.32 Å². The number of rotatable bonds is 5. The van der Waals surface area contributed by atoms with Crippen molar-refractivity contribution in [3.8, 4) is 0 Å². The van der Waals surface area contributed by atoms with Crippen LogP contribution >= 0.6 is 0 Å². The Labute approximate surface area is 89.0 Å². The van der Waals surface area contributed by atoms with Crippen molar-refractivity contribution in [3.05, 3.63) is 12.7 Å². The molecule has 3 atom stereocenters. The molecule has 0 aliphatic heterocycles. The maximum atomic E-state index is 3.86. The maximum absolute atomic E-state index is 3.86. The van der Waals surface area contributed by atoms with Gasteiger partial charge in [0, 0.05) is 6.04 Å². The molecule has 82 valence electrons. The SMILES string of the molecule is C=CCC(NCC)C1CCCC(C)C1. The molecule has 0 bridgehead atoms. The fourth-order valence-electron chi connectivity index (χ4n) is 2.73. The zero-order valence-corrected chi connectivity index (χ0v) is 9.76. The van der Waals surface area contributed by atoms with Crippen LogP contribution < -0.4 is 5.32 Å². The zero-order valence-electron chi connectivity index (χ0n) is 9.76. The van der Waals surface area contributed by atoms with Crippen LogP contribution in [0.25, 0.3) is 0 Å². The van der Waals surface area contributed by atoms with Crippen molar-refractivity contribution in [1.29, 1.82) is 0 Å². The van der Waals surface area contributed by atoms with E-state index in [1.807, 2.05) is 0 Å². The van der Waals surface area contributed by atoms with Crippen molar-refractivity contribution in [2.24, 2.45) is 11.8 Å². The zero-order chi connectivity index (χ0) is 10.4. The van der Waals surface area contributed by atoms with Crippen LogP contribution in [0.3, 0.4) is 0 Å². The van der Waals surface area contributed by atoms with Crippen LogP contribution in [0.15, 0.2) is 12.7 Å². The highest BCUT2D eigenvalue weighted by atomic mass is 14.9. The Morgan fingerprint density at radius 3 is 2.86 bits per heavy atom. The van der Waals surface area contributed by atoms with Gasteiger partial charge in [-0.3, -0.25) is 0 Å². The molecule has 1 nitrogen and oxygen atoms in total. The van der Waals surface area contributed by atoms with E-state index in [0.717, 1.165) is 24.8 Å². The normalized spacial score (nSPS) is 29.9. The molecule has 1 fully saturated rings. The van der Waals surface area contributed by atoms with Gasteiger partial charge in [-0.05, 0) is 37.6 Å². The average Bonchev–Trinajstić information content (AvgIpc) is 2.17. The number of hydrogen-bond acceptors (Lipinski definition) is 1. The Morgan fingerprint density at radius 1 is 1.50 bits per heavy atom. The molecule has 14 heavy (non-hydrogen) atoms. The maximum Gasteiger partial charge on any atom is 0.0130 e. The monoisotopic (exact) mass is 195 g/mol. The molecule has 0 aromatic rings. The summed E-state index contributed by atoms with van der Waals surface area (Å²) in [5.74, 6) is 1.82. The minimum absolute atomic E-state index is 0.681. The second-order valence-corrected chi connectivity index (χ2v) is 4.72. The molecule has 0 saturated heterocycles. The lowest BCUT2D eigenvalue weighted by Gasteiger charge is -2.33. The van der Waals surface area contributed by atoms with Gasteiger partial charge in [0.05, 0.1) is 0 Å². The summed E-state index contributed by atoms with van der Waals surface area (Å²) < 4.78 is 0. The van der Waals surface area contributed by atoms with E-state index in [4.69, 9.17) is 0 Å². The third kappa shape index (κ3) is 3.45. The van der Waals surface area contributed by atoms with Gasteiger partial charge in [0.2, 0.25) is 0 Å². The standard InChI is InChI=1S/C13H25N/c1-4-7-13(14-5-2)12-9-6-8-11(3)10-12/h4,11-14H,1,5-10H2,2-3H3. The summed E-state index contributed by atoms with van der Waals surface area (Å²) in [7, 11) is 0. The fraction of sp³-hybridized carbons (Fsp3) is 0.846. The summed E-state index contributed by atoms with van der Waals surface area (Å²) in [5, 5.41) is 3.60. The van der Waals surface area contributed by atoms with Gasteiger partial charge in [-0.25, -0.2) is 0 Å². The van der Waals surface area contributed by atoms with Crippen molar-refractivity contribution < 1.29 is 0 Å². The highest BCUT2D eigenvalue weighted by Gasteiger charge is 2.24. The van der Waals surface area contributed by atoms with Crippen molar-refractivity contribution in [3.63, 3.8) is 0 Å². The first-order valence-electron chi connectivity index (χ1n) is 6.12. The van der Waals surface area contributed by atoms with Gasteiger partial charge in [0.25, 0.3) is 0 Å². The predicted molar refractivity (Wildman–Crippen MR) is 63.4 cm³/mol. The largest absolute Gasteiger partial charge is 0.314 e. The molecular formula is C13H25N. The quantitative estimate of drug-likeness (QED) is 0.663. The van der Waals surface area contributed by atoms with E-state index in [9.17, 15) is 0 Å². The highest BCUT2D eigenvalue weighted by Crippen LogP contribution is 2.31. The summed E-state index contributed by atoms with van der Waals surface area (Å²) in [4.78, 5) is 0. The first kappa shape index (κ1) is 11.8. The fourth-order valence-corrected chi connectivity index (χ4v) is 2.73. The first-order chi connectivity index (χ1) is 6.77. The van der Waals surface area contributed by atoms with E-state index in [1.165, 1.54) is 25.7 Å². The molecule has 0 radical (unpaired) electrons. The molecular weight excluding hydrogens is 170 g/mol. The molecule has 1 rings (SSSR count). The summed E-state index contributed by atoms with van der Waals surface area (Å²) in [6.45, 7) is 9.53. The molecule has 1 heteroatoms. The lowest BCUT2D eigenvalue weighted by atomic mass is 9.78. The minimum atomic E-state index is 0.681. The third-order valence-corrected chi connectivity index (χ3v) is 3.43. The molecule has 0 amide bonds. The molecule has 1 aliphatic carbocycles. The summed E-state index contributed by atoms with van der Waals surface area (Å²) >= 11 is 0. The Morgan fingerprint density at radius 2 is 2.29 bits per heavy atom. The average molecular weight is 195 g/mol. The Hall–Kier alpha value is -0.300. The van der Waals surface area contributed by atoms with Crippen LogP contribution in [0.1, 0.15) is 46.0 Å². The topological polar surface area (TPSA) is 12.0 Å². The molecule has 1 aliphatic rings. The number of hydrogen-bond donors (Lipinski definition) is 1. The Kier molecular flexibility index (Phi) is 5.24. The smallest absolute Gasteiger partial charge is 0.0130 e. The molecule has 0 aromatic heterocycles. The van der Waals surface area contributed by atoms with Gasteiger partial charge in [-0.15, -0.1) is 6.58 Å². The van der Waals surface area contributed by atoms with Crippen LogP contribution in [-0.4, -0.2) is 12.6 Å². The lowest BCUT2D eigenvalue weighted by molar-refractivity contribution is 0.224. The Balaban J connectivity index is 2.43.